The number of rotatable bonds is 4. The number of carbonyl (C=O) groups is 1. The topological polar surface area (TPSA) is 99.7 Å². The molecule has 5 heterocycles. The summed E-state index contributed by atoms with van der Waals surface area (Å²) in [5.74, 6) is 1.66. The van der Waals surface area contributed by atoms with Crippen LogP contribution in [0.15, 0.2) is 30.5 Å². The van der Waals surface area contributed by atoms with Crippen LogP contribution in [0.2, 0.25) is 0 Å². The molecule has 0 radical (unpaired) electrons. The fraction of sp³-hybridized carbons (Fsp3) is 0.391. The highest BCUT2D eigenvalue weighted by molar-refractivity contribution is 7.75. The van der Waals surface area contributed by atoms with Gasteiger partial charge in [0.1, 0.15) is 10.6 Å². The SMILES string of the molecule is O=C(OS)N1CCN(Cc2cc3c(N4CCOCC4)nc(-c4cccc5[nH]ncc45)nc3s2)CC1. The molecule has 1 amide bonds. The van der Waals surface area contributed by atoms with Crippen LogP contribution in [0.25, 0.3) is 32.5 Å². The Morgan fingerprint density at radius 2 is 1.94 bits per heavy atom. The Morgan fingerprint density at radius 3 is 2.74 bits per heavy atom. The molecule has 12 heteroatoms. The molecule has 0 bridgehead atoms. The minimum atomic E-state index is -0.388. The van der Waals surface area contributed by atoms with Crippen LogP contribution in [-0.2, 0) is 15.5 Å². The van der Waals surface area contributed by atoms with E-state index in [0.717, 1.165) is 65.2 Å². The van der Waals surface area contributed by atoms with Gasteiger partial charge in [-0.05, 0) is 12.1 Å². The van der Waals surface area contributed by atoms with Crippen molar-refractivity contribution < 1.29 is 13.7 Å². The molecule has 3 aromatic heterocycles. The van der Waals surface area contributed by atoms with Gasteiger partial charge in [-0.2, -0.15) is 5.10 Å². The number of aromatic amines is 1. The van der Waals surface area contributed by atoms with E-state index in [1.54, 1.807) is 16.2 Å². The quantitative estimate of drug-likeness (QED) is 0.318. The lowest BCUT2D eigenvalue weighted by molar-refractivity contribution is 0.113. The predicted molar refractivity (Wildman–Crippen MR) is 138 cm³/mol. The number of fused-ring (bicyclic) bond motifs is 2. The van der Waals surface area contributed by atoms with Gasteiger partial charge in [0, 0.05) is 74.5 Å². The third-order valence-electron chi connectivity index (χ3n) is 6.55. The third kappa shape index (κ3) is 4.42. The third-order valence-corrected chi connectivity index (χ3v) is 7.72. The summed E-state index contributed by atoms with van der Waals surface area (Å²) in [6.07, 6.45) is 1.44. The van der Waals surface area contributed by atoms with Crippen molar-refractivity contribution in [3.05, 3.63) is 35.3 Å². The summed E-state index contributed by atoms with van der Waals surface area (Å²) < 4.78 is 10.1. The number of carbonyl (C=O) groups excluding carboxylic acids is 1. The Labute approximate surface area is 211 Å². The summed E-state index contributed by atoms with van der Waals surface area (Å²) in [6, 6.07) is 8.28. The molecule has 0 spiro atoms. The Kier molecular flexibility index (Phi) is 6.19. The van der Waals surface area contributed by atoms with Gasteiger partial charge in [-0.1, -0.05) is 12.1 Å². The first-order chi connectivity index (χ1) is 17.2. The molecular weight excluding hydrogens is 486 g/mol. The van der Waals surface area contributed by atoms with Crippen LogP contribution >= 0.6 is 24.2 Å². The summed E-state index contributed by atoms with van der Waals surface area (Å²) in [5, 5.41) is 9.33. The van der Waals surface area contributed by atoms with E-state index < -0.39 is 0 Å². The zero-order valence-electron chi connectivity index (χ0n) is 19.0. The number of thiol groups is 1. The number of hydrogen-bond donors (Lipinski definition) is 2. The van der Waals surface area contributed by atoms with Crippen LogP contribution in [-0.4, -0.2) is 88.5 Å². The van der Waals surface area contributed by atoms with Crippen molar-refractivity contribution in [1.29, 1.82) is 0 Å². The van der Waals surface area contributed by atoms with E-state index in [9.17, 15) is 4.79 Å². The normalized spacial score (nSPS) is 17.4. The number of piperazine rings is 1. The second kappa shape index (κ2) is 9.61. The van der Waals surface area contributed by atoms with E-state index in [2.05, 4.69) is 43.2 Å². The van der Waals surface area contributed by atoms with Gasteiger partial charge in [-0.15, -0.1) is 11.3 Å². The fourth-order valence-electron chi connectivity index (χ4n) is 4.70. The number of H-pyrrole nitrogens is 1. The molecule has 10 nitrogen and oxygen atoms in total. The minimum absolute atomic E-state index is 0.388. The number of amides is 1. The summed E-state index contributed by atoms with van der Waals surface area (Å²) in [5.41, 5.74) is 1.93. The van der Waals surface area contributed by atoms with E-state index in [4.69, 9.17) is 14.7 Å². The standard InChI is InChI=1S/C23H25N7O3S2/c31-23(33-34)30-6-4-28(5-7-30)14-15-12-17-21(29-8-10-32-11-9-29)25-20(26-22(17)35-15)16-2-1-3-19-18(16)13-24-27-19/h1-3,12-13,34H,4-11,14H2,(H,24,27). The zero-order valence-corrected chi connectivity index (χ0v) is 20.7. The Morgan fingerprint density at radius 1 is 1.11 bits per heavy atom. The van der Waals surface area contributed by atoms with Crippen LogP contribution in [0.3, 0.4) is 0 Å². The van der Waals surface area contributed by atoms with Crippen molar-refractivity contribution >= 4 is 57.3 Å². The second-order valence-electron chi connectivity index (χ2n) is 8.66. The van der Waals surface area contributed by atoms with E-state index in [1.807, 2.05) is 24.4 Å². The van der Waals surface area contributed by atoms with Crippen LogP contribution in [0, 0.1) is 0 Å². The molecule has 182 valence electrons. The highest BCUT2D eigenvalue weighted by atomic mass is 32.1. The van der Waals surface area contributed by atoms with Gasteiger partial charge in [0.05, 0.1) is 30.3 Å². The van der Waals surface area contributed by atoms with Gasteiger partial charge >= 0.3 is 6.09 Å². The smallest absolute Gasteiger partial charge is 0.378 e. The highest BCUT2D eigenvalue weighted by Crippen LogP contribution is 2.35. The summed E-state index contributed by atoms with van der Waals surface area (Å²) in [7, 11) is 0. The van der Waals surface area contributed by atoms with Crippen molar-refractivity contribution in [2.24, 2.45) is 0 Å². The second-order valence-corrected chi connectivity index (χ2v) is 9.96. The molecule has 1 aromatic carbocycles. The lowest BCUT2D eigenvalue weighted by Crippen LogP contribution is -2.47. The number of anilines is 1. The lowest BCUT2D eigenvalue weighted by atomic mass is 10.1. The molecule has 0 aliphatic carbocycles. The van der Waals surface area contributed by atoms with E-state index in [1.165, 1.54) is 4.88 Å². The number of aromatic nitrogens is 4. The predicted octanol–water partition coefficient (Wildman–Crippen LogP) is 3.17. The van der Waals surface area contributed by atoms with Crippen molar-refractivity contribution in [3.63, 3.8) is 0 Å². The minimum Gasteiger partial charge on any atom is -0.378 e. The maximum absolute atomic E-state index is 11.7. The molecule has 2 fully saturated rings. The van der Waals surface area contributed by atoms with Gasteiger partial charge in [0.15, 0.2) is 5.82 Å². The molecule has 4 aromatic rings. The molecule has 35 heavy (non-hydrogen) atoms. The summed E-state index contributed by atoms with van der Waals surface area (Å²) in [4.78, 5) is 30.3. The zero-order chi connectivity index (χ0) is 23.8. The molecular formula is C23H25N7O3S2. The van der Waals surface area contributed by atoms with Crippen molar-refractivity contribution in [1.82, 2.24) is 30.0 Å². The van der Waals surface area contributed by atoms with E-state index in [0.29, 0.717) is 32.1 Å². The van der Waals surface area contributed by atoms with Crippen molar-refractivity contribution in [3.8, 4) is 11.4 Å². The van der Waals surface area contributed by atoms with Crippen LogP contribution < -0.4 is 4.90 Å². The van der Waals surface area contributed by atoms with E-state index >= 15 is 0 Å². The number of thiophene rings is 1. The van der Waals surface area contributed by atoms with Gasteiger partial charge in [0.2, 0.25) is 0 Å². The van der Waals surface area contributed by atoms with Crippen molar-refractivity contribution in [2.75, 3.05) is 57.4 Å². The number of benzene rings is 1. The van der Waals surface area contributed by atoms with Gasteiger partial charge < -0.3 is 18.7 Å². The lowest BCUT2D eigenvalue weighted by Gasteiger charge is -2.33. The molecule has 0 saturated carbocycles. The molecule has 0 unspecified atom stereocenters. The number of nitrogens with zero attached hydrogens (tertiary/aromatic N) is 6. The highest BCUT2D eigenvalue weighted by Gasteiger charge is 2.24. The van der Waals surface area contributed by atoms with E-state index in [-0.39, 0.29) is 6.09 Å². The van der Waals surface area contributed by atoms with Crippen LogP contribution in [0.1, 0.15) is 4.88 Å². The number of nitrogens with one attached hydrogen (secondary N) is 1. The van der Waals surface area contributed by atoms with Gasteiger partial charge in [-0.3, -0.25) is 10.00 Å². The average molecular weight is 512 g/mol. The summed E-state index contributed by atoms with van der Waals surface area (Å²) in [6.45, 7) is 6.61. The summed E-state index contributed by atoms with van der Waals surface area (Å²) >= 11 is 5.33. The molecule has 2 aliphatic heterocycles. The number of ether oxygens (including phenoxy) is 1. The maximum Gasteiger partial charge on any atom is 0.421 e. The first kappa shape index (κ1) is 22.5. The molecule has 2 aliphatic rings. The van der Waals surface area contributed by atoms with Crippen LogP contribution in [0.5, 0.6) is 0 Å². The number of morpholine rings is 1. The Bertz CT molecular complexity index is 1360. The average Bonchev–Trinajstić information content (AvgIpc) is 3.55. The number of hydrogen-bond acceptors (Lipinski definition) is 10. The molecule has 0 atom stereocenters. The molecule has 6 rings (SSSR count). The first-order valence-electron chi connectivity index (χ1n) is 11.6. The maximum atomic E-state index is 11.7. The van der Waals surface area contributed by atoms with Gasteiger partial charge in [0.25, 0.3) is 0 Å². The largest absolute Gasteiger partial charge is 0.421 e. The fourth-order valence-corrected chi connectivity index (χ4v) is 5.88. The van der Waals surface area contributed by atoms with Crippen LogP contribution in [0.4, 0.5) is 10.6 Å². The Balaban J connectivity index is 1.34. The Hall–Kier alpha value is -2.93. The van der Waals surface area contributed by atoms with Crippen molar-refractivity contribution in [2.45, 2.75) is 6.54 Å². The molecule has 2 saturated heterocycles. The first-order valence-corrected chi connectivity index (χ1v) is 12.8. The molecule has 1 N–H and O–H groups in total. The monoisotopic (exact) mass is 511 g/mol. The van der Waals surface area contributed by atoms with Gasteiger partial charge in [-0.25, -0.2) is 14.8 Å².